The van der Waals surface area contributed by atoms with Crippen molar-refractivity contribution in [3.05, 3.63) is 24.3 Å². The standard InChI is InChI=1S/C15H18N2O2S/c1-2-14(18)17(10-11-6-5-9-19-11)15-16-12-7-3-4-8-13(12)20-15/h3-4,7-8,11H,2,5-6,9-10H2,1H3/t11-/m0/s1. The summed E-state index contributed by atoms with van der Waals surface area (Å²) < 4.78 is 6.77. The normalized spacial score (nSPS) is 18.6. The van der Waals surface area contributed by atoms with Crippen molar-refractivity contribution in [1.82, 2.24) is 4.98 Å². The number of fused-ring (bicyclic) bond motifs is 1. The summed E-state index contributed by atoms with van der Waals surface area (Å²) >= 11 is 1.57. The first kappa shape index (κ1) is 13.5. The van der Waals surface area contributed by atoms with E-state index in [1.54, 1.807) is 16.2 Å². The first-order valence-corrected chi connectivity index (χ1v) is 7.87. The minimum absolute atomic E-state index is 0.111. The number of thiazole rings is 1. The van der Waals surface area contributed by atoms with Crippen LogP contribution in [0.25, 0.3) is 10.2 Å². The molecule has 1 aromatic carbocycles. The maximum atomic E-state index is 12.2. The van der Waals surface area contributed by atoms with Crippen molar-refractivity contribution < 1.29 is 9.53 Å². The number of anilines is 1. The van der Waals surface area contributed by atoms with Crippen LogP contribution in [-0.4, -0.2) is 30.1 Å². The third-order valence-corrected chi connectivity index (χ3v) is 4.59. The zero-order valence-corrected chi connectivity index (χ0v) is 12.4. The Morgan fingerprint density at radius 3 is 3.05 bits per heavy atom. The Morgan fingerprint density at radius 2 is 2.35 bits per heavy atom. The number of nitrogens with zero attached hydrogens (tertiary/aromatic N) is 2. The van der Waals surface area contributed by atoms with Gasteiger partial charge in [0.2, 0.25) is 5.91 Å². The second-order valence-electron chi connectivity index (χ2n) is 4.96. The summed E-state index contributed by atoms with van der Waals surface area (Å²) in [7, 11) is 0. The number of amides is 1. The van der Waals surface area contributed by atoms with E-state index in [0.29, 0.717) is 13.0 Å². The van der Waals surface area contributed by atoms with E-state index in [0.717, 1.165) is 34.8 Å². The molecule has 4 nitrogen and oxygen atoms in total. The van der Waals surface area contributed by atoms with Gasteiger partial charge in [-0.2, -0.15) is 0 Å². The van der Waals surface area contributed by atoms with Gasteiger partial charge in [0.1, 0.15) is 0 Å². The van der Waals surface area contributed by atoms with Gasteiger partial charge in [-0.15, -0.1) is 0 Å². The van der Waals surface area contributed by atoms with Gasteiger partial charge in [-0.1, -0.05) is 30.4 Å². The highest BCUT2D eigenvalue weighted by molar-refractivity contribution is 7.22. The highest BCUT2D eigenvalue weighted by Crippen LogP contribution is 2.30. The molecule has 1 fully saturated rings. The molecule has 0 radical (unpaired) electrons. The molecule has 1 aliphatic rings. The van der Waals surface area contributed by atoms with Crippen LogP contribution in [-0.2, 0) is 9.53 Å². The van der Waals surface area contributed by atoms with Crippen LogP contribution in [0.5, 0.6) is 0 Å². The van der Waals surface area contributed by atoms with Crippen LogP contribution < -0.4 is 4.90 Å². The Balaban J connectivity index is 1.88. The maximum absolute atomic E-state index is 12.2. The average Bonchev–Trinajstić information content (AvgIpc) is 3.12. The molecule has 1 aromatic heterocycles. The molecule has 0 unspecified atom stereocenters. The maximum Gasteiger partial charge on any atom is 0.228 e. The van der Waals surface area contributed by atoms with Crippen molar-refractivity contribution >= 4 is 32.6 Å². The van der Waals surface area contributed by atoms with Gasteiger partial charge >= 0.3 is 0 Å². The van der Waals surface area contributed by atoms with Crippen LogP contribution in [0.2, 0.25) is 0 Å². The van der Waals surface area contributed by atoms with Crippen molar-refractivity contribution in [3.63, 3.8) is 0 Å². The molecule has 5 heteroatoms. The van der Waals surface area contributed by atoms with Gasteiger partial charge in [0.05, 0.1) is 22.9 Å². The van der Waals surface area contributed by atoms with Gasteiger partial charge in [0.25, 0.3) is 0 Å². The molecule has 0 saturated carbocycles. The number of aromatic nitrogens is 1. The first-order valence-electron chi connectivity index (χ1n) is 7.05. The molecule has 1 aliphatic heterocycles. The number of hydrogen-bond donors (Lipinski definition) is 0. The summed E-state index contributed by atoms with van der Waals surface area (Å²) in [6.07, 6.45) is 2.75. The lowest BCUT2D eigenvalue weighted by Crippen LogP contribution is -2.37. The molecule has 0 N–H and O–H groups in total. The van der Waals surface area contributed by atoms with Crippen molar-refractivity contribution in [1.29, 1.82) is 0 Å². The van der Waals surface area contributed by atoms with E-state index < -0.39 is 0 Å². The Kier molecular flexibility index (Phi) is 3.98. The molecule has 0 aliphatic carbocycles. The largest absolute Gasteiger partial charge is 0.376 e. The second-order valence-corrected chi connectivity index (χ2v) is 5.97. The van der Waals surface area contributed by atoms with Crippen molar-refractivity contribution in [2.24, 2.45) is 0 Å². The summed E-state index contributed by atoms with van der Waals surface area (Å²) in [5, 5.41) is 0.786. The van der Waals surface area contributed by atoms with E-state index >= 15 is 0 Å². The number of ether oxygens (including phenoxy) is 1. The molecule has 1 saturated heterocycles. The molecular weight excluding hydrogens is 272 g/mol. The van der Waals surface area contributed by atoms with Crippen molar-refractivity contribution in [2.75, 3.05) is 18.1 Å². The quantitative estimate of drug-likeness (QED) is 0.868. The van der Waals surface area contributed by atoms with Gasteiger partial charge in [-0.3, -0.25) is 9.69 Å². The fourth-order valence-electron chi connectivity index (χ4n) is 2.44. The Hall–Kier alpha value is -1.46. The predicted octanol–water partition coefficient (Wildman–Crippen LogP) is 3.22. The number of carbonyl (C=O) groups is 1. The Labute approximate surface area is 122 Å². The summed E-state index contributed by atoms with van der Waals surface area (Å²) in [5.74, 6) is 0.111. The number of rotatable bonds is 4. The lowest BCUT2D eigenvalue weighted by atomic mass is 10.2. The number of hydrogen-bond acceptors (Lipinski definition) is 4. The molecule has 20 heavy (non-hydrogen) atoms. The van der Waals surface area contributed by atoms with Crippen molar-refractivity contribution in [3.8, 4) is 0 Å². The third kappa shape index (κ3) is 2.69. The van der Waals surface area contributed by atoms with E-state index in [9.17, 15) is 4.79 Å². The predicted molar refractivity (Wildman–Crippen MR) is 81.2 cm³/mol. The average molecular weight is 290 g/mol. The van der Waals surface area contributed by atoms with Crippen LogP contribution >= 0.6 is 11.3 Å². The topological polar surface area (TPSA) is 42.4 Å². The van der Waals surface area contributed by atoms with Crippen LogP contribution in [0, 0.1) is 0 Å². The number of para-hydroxylation sites is 1. The van der Waals surface area contributed by atoms with E-state index in [1.807, 2.05) is 31.2 Å². The SMILES string of the molecule is CCC(=O)N(C[C@@H]1CCCO1)c1nc2ccccc2s1. The van der Waals surface area contributed by atoms with Gasteiger partial charge in [-0.05, 0) is 25.0 Å². The molecule has 3 rings (SSSR count). The fourth-order valence-corrected chi connectivity index (χ4v) is 3.44. The summed E-state index contributed by atoms with van der Waals surface area (Å²) in [4.78, 5) is 18.6. The highest BCUT2D eigenvalue weighted by Gasteiger charge is 2.25. The summed E-state index contributed by atoms with van der Waals surface area (Å²) in [6, 6.07) is 7.99. The lowest BCUT2D eigenvalue weighted by Gasteiger charge is -2.22. The van der Waals surface area contributed by atoms with Gasteiger partial charge in [0.15, 0.2) is 5.13 Å². The van der Waals surface area contributed by atoms with Crippen molar-refractivity contribution in [2.45, 2.75) is 32.3 Å². The molecule has 106 valence electrons. The molecular formula is C15H18N2O2S. The number of benzene rings is 1. The van der Waals surface area contributed by atoms with Gasteiger partial charge < -0.3 is 4.74 Å². The Morgan fingerprint density at radius 1 is 1.50 bits per heavy atom. The zero-order chi connectivity index (χ0) is 13.9. The van der Waals surface area contributed by atoms with Gasteiger partial charge in [-0.25, -0.2) is 4.98 Å². The zero-order valence-electron chi connectivity index (χ0n) is 11.5. The highest BCUT2D eigenvalue weighted by atomic mass is 32.1. The summed E-state index contributed by atoms with van der Waals surface area (Å²) in [5.41, 5.74) is 0.953. The van der Waals surface area contributed by atoms with Crippen LogP contribution in [0.15, 0.2) is 24.3 Å². The molecule has 1 amide bonds. The Bertz CT molecular complexity index is 572. The first-order chi connectivity index (χ1) is 9.78. The van der Waals surface area contributed by atoms with Gasteiger partial charge in [0, 0.05) is 13.0 Å². The third-order valence-electron chi connectivity index (χ3n) is 3.53. The molecule has 1 atom stereocenters. The van der Waals surface area contributed by atoms with E-state index in [1.165, 1.54) is 0 Å². The number of carbonyl (C=O) groups excluding carboxylic acids is 1. The van der Waals surface area contributed by atoms with Crippen LogP contribution in [0.4, 0.5) is 5.13 Å². The lowest BCUT2D eigenvalue weighted by molar-refractivity contribution is -0.118. The minimum Gasteiger partial charge on any atom is -0.376 e. The fraction of sp³-hybridized carbons (Fsp3) is 0.467. The monoisotopic (exact) mass is 290 g/mol. The minimum atomic E-state index is 0.111. The van der Waals surface area contributed by atoms with Crippen LogP contribution in [0.3, 0.4) is 0 Å². The van der Waals surface area contributed by atoms with Crippen LogP contribution in [0.1, 0.15) is 26.2 Å². The van der Waals surface area contributed by atoms with E-state index in [2.05, 4.69) is 4.98 Å². The second kappa shape index (κ2) is 5.89. The molecule has 0 spiro atoms. The molecule has 0 bridgehead atoms. The van der Waals surface area contributed by atoms with E-state index in [-0.39, 0.29) is 12.0 Å². The summed E-state index contributed by atoms with van der Waals surface area (Å²) in [6.45, 7) is 3.31. The smallest absolute Gasteiger partial charge is 0.228 e. The molecule has 2 heterocycles. The molecule has 2 aromatic rings. The van der Waals surface area contributed by atoms with E-state index in [4.69, 9.17) is 4.74 Å².